The second kappa shape index (κ2) is 4.94. The maximum Gasteiger partial charge on any atom is 0.165 e. The van der Waals surface area contributed by atoms with E-state index < -0.39 is 5.82 Å². The Balaban J connectivity index is 2.30. The average molecular weight is 238 g/mol. The Morgan fingerprint density at radius 3 is 2.75 bits per heavy atom. The molecule has 4 heteroatoms. The summed E-state index contributed by atoms with van der Waals surface area (Å²) >= 11 is 5.72. The van der Waals surface area contributed by atoms with Gasteiger partial charge in [0.1, 0.15) is 5.75 Å². The van der Waals surface area contributed by atoms with Crippen molar-refractivity contribution in [2.45, 2.75) is 5.88 Å². The minimum atomic E-state index is -0.403. The summed E-state index contributed by atoms with van der Waals surface area (Å²) in [5, 5.41) is 0. The van der Waals surface area contributed by atoms with E-state index in [1.807, 2.05) is 0 Å². The SMILES string of the molecule is Fc1ccccc1Oc1ccncc1CCl. The van der Waals surface area contributed by atoms with Crippen LogP contribution >= 0.6 is 11.6 Å². The van der Waals surface area contributed by atoms with Crippen molar-refractivity contribution in [2.24, 2.45) is 0 Å². The van der Waals surface area contributed by atoms with Gasteiger partial charge in [0, 0.05) is 18.0 Å². The van der Waals surface area contributed by atoms with Crippen molar-refractivity contribution in [1.82, 2.24) is 4.98 Å². The third-order valence-corrected chi connectivity index (χ3v) is 2.35. The van der Waals surface area contributed by atoms with Gasteiger partial charge in [-0.1, -0.05) is 12.1 Å². The number of para-hydroxylation sites is 1. The van der Waals surface area contributed by atoms with Gasteiger partial charge in [0.05, 0.1) is 5.88 Å². The third-order valence-electron chi connectivity index (χ3n) is 2.06. The molecule has 82 valence electrons. The van der Waals surface area contributed by atoms with Crippen LogP contribution in [0.4, 0.5) is 4.39 Å². The van der Waals surface area contributed by atoms with Crippen molar-refractivity contribution >= 4 is 11.6 Å². The molecule has 2 rings (SSSR count). The number of halogens is 2. The van der Waals surface area contributed by atoms with E-state index in [0.717, 1.165) is 5.56 Å². The number of nitrogens with zero attached hydrogens (tertiary/aromatic N) is 1. The fraction of sp³-hybridized carbons (Fsp3) is 0.0833. The summed E-state index contributed by atoms with van der Waals surface area (Å²) in [7, 11) is 0. The second-order valence-electron chi connectivity index (χ2n) is 3.15. The van der Waals surface area contributed by atoms with Crippen molar-refractivity contribution in [3.05, 3.63) is 54.1 Å². The van der Waals surface area contributed by atoms with Gasteiger partial charge in [0.2, 0.25) is 0 Å². The van der Waals surface area contributed by atoms with Crippen LogP contribution in [0.25, 0.3) is 0 Å². The molecule has 2 aromatic rings. The molecule has 0 spiro atoms. The maximum atomic E-state index is 13.3. The Labute approximate surface area is 97.7 Å². The normalized spacial score (nSPS) is 10.1. The number of ether oxygens (including phenoxy) is 1. The van der Waals surface area contributed by atoms with E-state index in [1.165, 1.54) is 6.07 Å². The highest BCUT2D eigenvalue weighted by molar-refractivity contribution is 6.17. The number of pyridine rings is 1. The van der Waals surface area contributed by atoms with Crippen molar-refractivity contribution in [3.63, 3.8) is 0 Å². The van der Waals surface area contributed by atoms with Crippen LogP contribution in [-0.4, -0.2) is 4.98 Å². The first-order chi connectivity index (χ1) is 7.81. The molecule has 0 unspecified atom stereocenters. The molecule has 2 nitrogen and oxygen atoms in total. The molecular weight excluding hydrogens is 229 g/mol. The van der Waals surface area contributed by atoms with Crippen molar-refractivity contribution in [1.29, 1.82) is 0 Å². The zero-order valence-electron chi connectivity index (χ0n) is 8.36. The first-order valence-corrected chi connectivity index (χ1v) is 5.26. The van der Waals surface area contributed by atoms with E-state index >= 15 is 0 Å². The van der Waals surface area contributed by atoms with Crippen LogP contribution < -0.4 is 4.74 Å². The zero-order valence-corrected chi connectivity index (χ0v) is 9.12. The lowest BCUT2D eigenvalue weighted by Crippen LogP contribution is -1.92. The van der Waals surface area contributed by atoms with Crippen molar-refractivity contribution in [2.75, 3.05) is 0 Å². The largest absolute Gasteiger partial charge is 0.454 e. The Morgan fingerprint density at radius 2 is 2.00 bits per heavy atom. The maximum absolute atomic E-state index is 13.3. The lowest BCUT2D eigenvalue weighted by atomic mass is 10.3. The Kier molecular flexibility index (Phi) is 3.37. The van der Waals surface area contributed by atoms with Crippen molar-refractivity contribution < 1.29 is 9.13 Å². The number of hydrogen-bond acceptors (Lipinski definition) is 2. The van der Waals surface area contributed by atoms with Gasteiger partial charge in [-0.05, 0) is 18.2 Å². The minimum absolute atomic E-state index is 0.181. The van der Waals surface area contributed by atoms with Crippen LogP contribution in [-0.2, 0) is 5.88 Å². The summed E-state index contributed by atoms with van der Waals surface area (Å²) in [5.41, 5.74) is 0.729. The molecule has 0 N–H and O–H groups in total. The van der Waals surface area contributed by atoms with Gasteiger partial charge < -0.3 is 4.74 Å². The summed E-state index contributed by atoms with van der Waals surface area (Å²) < 4.78 is 18.8. The molecule has 0 fully saturated rings. The molecule has 0 aliphatic rings. The standard InChI is InChI=1S/C12H9ClFNO/c13-7-9-8-15-6-5-11(9)16-12-4-2-1-3-10(12)14/h1-6,8H,7H2. The molecule has 1 heterocycles. The van der Waals surface area contributed by atoms with Gasteiger partial charge in [-0.2, -0.15) is 0 Å². The van der Waals surface area contributed by atoms with Gasteiger partial charge in [-0.15, -0.1) is 11.6 Å². The predicted octanol–water partition coefficient (Wildman–Crippen LogP) is 3.75. The summed E-state index contributed by atoms with van der Waals surface area (Å²) in [6, 6.07) is 7.88. The van der Waals surface area contributed by atoms with E-state index in [-0.39, 0.29) is 11.6 Å². The molecule has 1 aromatic carbocycles. The number of aromatic nitrogens is 1. The molecule has 0 radical (unpaired) electrons. The lowest BCUT2D eigenvalue weighted by Gasteiger charge is -2.09. The first-order valence-electron chi connectivity index (χ1n) is 4.72. The van der Waals surface area contributed by atoms with E-state index in [9.17, 15) is 4.39 Å². The van der Waals surface area contributed by atoms with Crippen LogP contribution in [0.3, 0.4) is 0 Å². The zero-order chi connectivity index (χ0) is 11.4. The van der Waals surface area contributed by atoms with Gasteiger partial charge in [-0.3, -0.25) is 4.98 Å². The van der Waals surface area contributed by atoms with Crippen LogP contribution in [0.5, 0.6) is 11.5 Å². The average Bonchev–Trinajstić information content (AvgIpc) is 2.33. The number of benzene rings is 1. The Morgan fingerprint density at radius 1 is 1.19 bits per heavy atom. The Hall–Kier alpha value is -1.61. The molecular formula is C12H9ClFNO. The van der Waals surface area contributed by atoms with Gasteiger partial charge >= 0.3 is 0 Å². The summed E-state index contributed by atoms with van der Waals surface area (Å²) in [6.45, 7) is 0. The number of rotatable bonds is 3. The second-order valence-corrected chi connectivity index (χ2v) is 3.42. The summed E-state index contributed by atoms with van der Waals surface area (Å²) in [6.07, 6.45) is 3.18. The molecule has 1 aromatic heterocycles. The van der Waals surface area contributed by atoms with E-state index in [1.54, 1.807) is 36.7 Å². The predicted molar refractivity (Wildman–Crippen MR) is 60.3 cm³/mol. The molecule has 0 saturated heterocycles. The highest BCUT2D eigenvalue weighted by Crippen LogP contribution is 2.27. The van der Waals surface area contributed by atoms with E-state index in [2.05, 4.69) is 4.98 Å². The van der Waals surface area contributed by atoms with Gasteiger partial charge in [-0.25, -0.2) is 4.39 Å². The van der Waals surface area contributed by atoms with Crippen LogP contribution in [0.2, 0.25) is 0 Å². The highest BCUT2D eigenvalue weighted by Gasteiger charge is 2.06. The molecule has 0 saturated carbocycles. The molecule has 0 bridgehead atoms. The number of alkyl halides is 1. The van der Waals surface area contributed by atoms with E-state index in [0.29, 0.717) is 5.75 Å². The fourth-order valence-electron chi connectivity index (χ4n) is 1.26. The fourth-order valence-corrected chi connectivity index (χ4v) is 1.46. The molecule has 16 heavy (non-hydrogen) atoms. The Bertz CT molecular complexity index is 490. The first kappa shape index (κ1) is 10.9. The molecule has 0 aliphatic carbocycles. The molecule has 0 aliphatic heterocycles. The quantitative estimate of drug-likeness (QED) is 0.759. The lowest BCUT2D eigenvalue weighted by molar-refractivity contribution is 0.438. The third kappa shape index (κ3) is 2.31. The monoisotopic (exact) mass is 237 g/mol. The highest BCUT2D eigenvalue weighted by atomic mass is 35.5. The van der Waals surface area contributed by atoms with Crippen LogP contribution in [0.1, 0.15) is 5.56 Å². The van der Waals surface area contributed by atoms with Gasteiger partial charge in [0.15, 0.2) is 11.6 Å². The van der Waals surface area contributed by atoms with Crippen LogP contribution in [0, 0.1) is 5.82 Å². The van der Waals surface area contributed by atoms with Gasteiger partial charge in [0.25, 0.3) is 0 Å². The molecule has 0 amide bonds. The van der Waals surface area contributed by atoms with Crippen molar-refractivity contribution in [3.8, 4) is 11.5 Å². The summed E-state index contributed by atoms with van der Waals surface area (Å²) in [5.74, 6) is 0.576. The summed E-state index contributed by atoms with van der Waals surface area (Å²) in [4.78, 5) is 3.92. The molecule has 0 atom stereocenters. The topological polar surface area (TPSA) is 22.1 Å². The van der Waals surface area contributed by atoms with E-state index in [4.69, 9.17) is 16.3 Å². The van der Waals surface area contributed by atoms with Crippen LogP contribution in [0.15, 0.2) is 42.7 Å². The minimum Gasteiger partial charge on any atom is -0.454 e. The smallest absolute Gasteiger partial charge is 0.165 e. The number of hydrogen-bond donors (Lipinski definition) is 0.